The molecule has 1 aliphatic rings. The molecule has 0 aromatic heterocycles. The lowest BCUT2D eigenvalue weighted by Crippen LogP contribution is -2.25. The van der Waals surface area contributed by atoms with Gasteiger partial charge in [0, 0.05) is 19.0 Å². The summed E-state index contributed by atoms with van der Waals surface area (Å²) in [4.78, 5) is 33.8. The molecule has 3 amide bonds. The Morgan fingerprint density at radius 1 is 1.30 bits per heavy atom. The van der Waals surface area contributed by atoms with Crippen LogP contribution in [-0.2, 0) is 9.59 Å². The molecular weight excluding hydrogens is 272 g/mol. The number of anilines is 1. The molecule has 1 fully saturated rings. The summed E-state index contributed by atoms with van der Waals surface area (Å²) >= 11 is 0. The summed E-state index contributed by atoms with van der Waals surface area (Å²) in [6.45, 7) is 0.149. The van der Waals surface area contributed by atoms with Crippen LogP contribution in [0.1, 0.15) is 16.8 Å². The molecule has 0 radical (unpaired) electrons. The standard InChI is InChI=1S/C12H11F2N3O3/c13-7-3-8(14)9(2-6(7)11(15)19)17-12(20)5-1-10(18)16-4-5/h2-3,5H,1,4H2,(H2,15,19)(H,16,18)(H,17,20). The number of benzene rings is 1. The fraction of sp³-hybridized carbons (Fsp3) is 0.250. The van der Waals surface area contributed by atoms with Crippen LogP contribution in [0.4, 0.5) is 14.5 Å². The zero-order valence-electron chi connectivity index (χ0n) is 10.2. The molecule has 1 saturated heterocycles. The lowest BCUT2D eigenvalue weighted by atomic mass is 10.1. The molecule has 106 valence electrons. The molecule has 0 bridgehead atoms. The molecule has 4 N–H and O–H groups in total. The van der Waals surface area contributed by atoms with E-state index < -0.39 is 34.9 Å². The second kappa shape index (κ2) is 5.24. The van der Waals surface area contributed by atoms with Gasteiger partial charge in [-0.3, -0.25) is 14.4 Å². The normalized spacial score (nSPS) is 17.7. The first-order valence-electron chi connectivity index (χ1n) is 5.75. The molecule has 1 unspecified atom stereocenters. The number of carbonyl (C=O) groups is 3. The number of rotatable bonds is 3. The van der Waals surface area contributed by atoms with Crippen LogP contribution < -0.4 is 16.4 Å². The summed E-state index contributed by atoms with van der Waals surface area (Å²) in [7, 11) is 0. The van der Waals surface area contributed by atoms with E-state index in [1.54, 1.807) is 0 Å². The van der Waals surface area contributed by atoms with E-state index in [2.05, 4.69) is 10.6 Å². The van der Waals surface area contributed by atoms with Gasteiger partial charge in [0.1, 0.15) is 11.6 Å². The number of primary amides is 1. The Morgan fingerprint density at radius 3 is 2.55 bits per heavy atom. The smallest absolute Gasteiger partial charge is 0.251 e. The van der Waals surface area contributed by atoms with E-state index in [0.717, 1.165) is 6.07 Å². The van der Waals surface area contributed by atoms with E-state index in [9.17, 15) is 23.2 Å². The van der Waals surface area contributed by atoms with Crippen molar-refractivity contribution in [2.45, 2.75) is 6.42 Å². The molecule has 1 atom stereocenters. The van der Waals surface area contributed by atoms with Gasteiger partial charge in [0.15, 0.2) is 0 Å². The molecule has 6 nitrogen and oxygen atoms in total. The minimum absolute atomic E-state index is 0.00266. The Bertz CT molecular complexity index is 604. The van der Waals surface area contributed by atoms with Gasteiger partial charge in [-0.1, -0.05) is 0 Å². The zero-order valence-corrected chi connectivity index (χ0v) is 10.2. The summed E-state index contributed by atoms with van der Waals surface area (Å²) in [5, 5.41) is 4.68. The Hall–Kier alpha value is -2.51. The maximum Gasteiger partial charge on any atom is 0.251 e. The van der Waals surface area contributed by atoms with Crippen molar-refractivity contribution in [1.82, 2.24) is 5.32 Å². The summed E-state index contributed by atoms with van der Waals surface area (Å²) < 4.78 is 26.8. The Kier molecular flexibility index (Phi) is 3.64. The SMILES string of the molecule is NC(=O)c1cc(NC(=O)C2CNC(=O)C2)c(F)cc1F. The first-order valence-corrected chi connectivity index (χ1v) is 5.75. The first kappa shape index (κ1) is 13.9. The van der Waals surface area contributed by atoms with E-state index in [0.29, 0.717) is 6.07 Å². The van der Waals surface area contributed by atoms with E-state index in [1.807, 2.05) is 0 Å². The van der Waals surface area contributed by atoms with Gasteiger partial charge in [-0.05, 0) is 6.07 Å². The highest BCUT2D eigenvalue weighted by molar-refractivity contribution is 5.99. The quantitative estimate of drug-likeness (QED) is 0.735. The highest BCUT2D eigenvalue weighted by atomic mass is 19.1. The van der Waals surface area contributed by atoms with Gasteiger partial charge in [-0.25, -0.2) is 8.78 Å². The first-order chi connectivity index (χ1) is 9.38. The second-order valence-corrected chi connectivity index (χ2v) is 4.37. The third kappa shape index (κ3) is 2.73. The number of nitrogens with two attached hydrogens (primary N) is 1. The van der Waals surface area contributed by atoms with Crippen LogP contribution in [0.5, 0.6) is 0 Å². The number of nitrogens with one attached hydrogen (secondary N) is 2. The van der Waals surface area contributed by atoms with Gasteiger partial charge in [-0.2, -0.15) is 0 Å². The van der Waals surface area contributed by atoms with Crippen molar-refractivity contribution in [3.8, 4) is 0 Å². The van der Waals surface area contributed by atoms with Crippen molar-refractivity contribution in [2.75, 3.05) is 11.9 Å². The Morgan fingerprint density at radius 2 is 2.00 bits per heavy atom. The second-order valence-electron chi connectivity index (χ2n) is 4.37. The fourth-order valence-corrected chi connectivity index (χ4v) is 1.86. The van der Waals surface area contributed by atoms with Crippen LogP contribution in [0.2, 0.25) is 0 Å². The molecule has 8 heteroatoms. The highest BCUT2D eigenvalue weighted by Gasteiger charge is 2.28. The summed E-state index contributed by atoms with van der Waals surface area (Å²) in [5.41, 5.74) is 4.05. The summed E-state index contributed by atoms with van der Waals surface area (Å²) in [5.74, 6) is -4.71. The average Bonchev–Trinajstić information content (AvgIpc) is 2.79. The molecule has 0 spiro atoms. The number of hydrogen-bond donors (Lipinski definition) is 3. The minimum atomic E-state index is -1.11. The van der Waals surface area contributed by atoms with E-state index in [1.165, 1.54) is 0 Å². The molecule has 1 aromatic carbocycles. The summed E-state index contributed by atoms with van der Waals surface area (Å²) in [6, 6.07) is 1.29. The average molecular weight is 283 g/mol. The number of halogens is 2. The molecule has 1 aliphatic heterocycles. The Labute approximate surface area is 112 Å². The predicted molar refractivity (Wildman–Crippen MR) is 64.6 cm³/mol. The fourth-order valence-electron chi connectivity index (χ4n) is 1.86. The maximum atomic E-state index is 13.5. The monoisotopic (exact) mass is 283 g/mol. The van der Waals surface area contributed by atoms with Crippen molar-refractivity contribution >= 4 is 23.4 Å². The van der Waals surface area contributed by atoms with Crippen LogP contribution in [-0.4, -0.2) is 24.3 Å². The van der Waals surface area contributed by atoms with Crippen molar-refractivity contribution in [3.63, 3.8) is 0 Å². The topological polar surface area (TPSA) is 101 Å². The van der Waals surface area contributed by atoms with Crippen LogP contribution in [0, 0.1) is 17.6 Å². The van der Waals surface area contributed by atoms with Crippen LogP contribution >= 0.6 is 0 Å². The van der Waals surface area contributed by atoms with Crippen molar-refractivity contribution in [2.24, 2.45) is 11.7 Å². The van der Waals surface area contributed by atoms with Crippen molar-refractivity contribution in [1.29, 1.82) is 0 Å². The van der Waals surface area contributed by atoms with E-state index in [4.69, 9.17) is 5.73 Å². The lowest BCUT2D eigenvalue weighted by Gasteiger charge is -2.11. The zero-order chi connectivity index (χ0) is 14.9. The third-order valence-electron chi connectivity index (χ3n) is 2.93. The maximum absolute atomic E-state index is 13.5. The minimum Gasteiger partial charge on any atom is -0.366 e. The molecule has 0 saturated carbocycles. The van der Waals surface area contributed by atoms with Gasteiger partial charge >= 0.3 is 0 Å². The van der Waals surface area contributed by atoms with Gasteiger partial charge in [0.05, 0.1) is 17.2 Å². The van der Waals surface area contributed by atoms with Crippen LogP contribution in [0.25, 0.3) is 0 Å². The predicted octanol–water partition coefficient (Wildman–Crippen LogP) is 0.138. The number of hydrogen-bond acceptors (Lipinski definition) is 3. The van der Waals surface area contributed by atoms with Crippen molar-refractivity contribution in [3.05, 3.63) is 29.3 Å². The highest BCUT2D eigenvalue weighted by Crippen LogP contribution is 2.21. The van der Waals surface area contributed by atoms with E-state index in [-0.39, 0.29) is 24.6 Å². The van der Waals surface area contributed by atoms with E-state index >= 15 is 0 Å². The van der Waals surface area contributed by atoms with Gasteiger partial charge in [-0.15, -0.1) is 0 Å². The Balaban J connectivity index is 2.20. The molecule has 0 aliphatic carbocycles. The number of carbonyl (C=O) groups excluding carboxylic acids is 3. The molecule has 1 heterocycles. The lowest BCUT2D eigenvalue weighted by molar-refractivity contribution is -0.123. The molecule has 20 heavy (non-hydrogen) atoms. The van der Waals surface area contributed by atoms with Crippen LogP contribution in [0.15, 0.2) is 12.1 Å². The van der Waals surface area contributed by atoms with Gasteiger partial charge < -0.3 is 16.4 Å². The third-order valence-corrected chi connectivity index (χ3v) is 2.93. The molecule has 2 rings (SSSR count). The van der Waals surface area contributed by atoms with Gasteiger partial charge in [0.25, 0.3) is 5.91 Å². The number of amides is 3. The molecule has 1 aromatic rings. The van der Waals surface area contributed by atoms with Crippen molar-refractivity contribution < 1.29 is 23.2 Å². The molecular formula is C12H11F2N3O3. The largest absolute Gasteiger partial charge is 0.366 e. The summed E-state index contributed by atoms with van der Waals surface area (Å²) in [6.07, 6.45) is -0.00266. The van der Waals surface area contributed by atoms with Gasteiger partial charge in [0.2, 0.25) is 11.8 Å². The van der Waals surface area contributed by atoms with Crippen LogP contribution in [0.3, 0.4) is 0 Å².